The van der Waals surface area contributed by atoms with Crippen LogP contribution in [0.25, 0.3) is 11.0 Å². The molecule has 5 nitrogen and oxygen atoms in total. The normalized spacial score (nSPS) is 10.8. The third-order valence-corrected chi connectivity index (χ3v) is 4.52. The van der Waals surface area contributed by atoms with Crippen molar-refractivity contribution in [2.75, 3.05) is 5.75 Å². The summed E-state index contributed by atoms with van der Waals surface area (Å²) in [4.78, 5) is 28.3. The Morgan fingerprint density at radius 2 is 1.88 bits per heavy atom. The molecule has 1 N–H and O–H groups in total. The molecule has 1 amide bonds. The zero-order valence-electron chi connectivity index (χ0n) is 13.5. The largest absolute Gasteiger partial charge is 0.351 e. The minimum Gasteiger partial charge on any atom is -0.351 e. The number of benzene rings is 2. The van der Waals surface area contributed by atoms with Gasteiger partial charge in [0.2, 0.25) is 11.8 Å². The maximum atomic E-state index is 12.9. The molecule has 0 bridgehead atoms. The van der Waals surface area contributed by atoms with Crippen LogP contribution in [0.15, 0.2) is 53.7 Å². The maximum Gasteiger partial charge on any atom is 0.230 e. The molecule has 0 aliphatic carbocycles. The van der Waals surface area contributed by atoms with Crippen molar-refractivity contribution in [3.8, 4) is 0 Å². The molecule has 0 atom stereocenters. The second-order valence-electron chi connectivity index (χ2n) is 5.43. The molecule has 0 saturated heterocycles. The number of nitrogens with zero attached hydrogens (tertiary/aromatic N) is 2. The van der Waals surface area contributed by atoms with E-state index in [9.17, 15) is 14.0 Å². The van der Waals surface area contributed by atoms with Crippen LogP contribution < -0.4 is 5.32 Å². The number of fused-ring (bicyclic) bond motifs is 1. The first kappa shape index (κ1) is 17.2. The number of imidazole rings is 1. The smallest absolute Gasteiger partial charge is 0.230 e. The molecule has 7 heteroatoms. The second-order valence-corrected chi connectivity index (χ2v) is 6.37. The Bertz CT molecular complexity index is 922. The summed E-state index contributed by atoms with van der Waals surface area (Å²) in [7, 11) is 0. The van der Waals surface area contributed by atoms with Gasteiger partial charge in [-0.05, 0) is 29.8 Å². The zero-order valence-corrected chi connectivity index (χ0v) is 14.3. The number of carbonyl (C=O) groups excluding carboxylic acids is 2. The van der Waals surface area contributed by atoms with Gasteiger partial charge in [0.25, 0.3) is 0 Å². The van der Waals surface area contributed by atoms with Crippen LogP contribution in [-0.2, 0) is 11.3 Å². The van der Waals surface area contributed by atoms with Crippen LogP contribution in [0.3, 0.4) is 0 Å². The number of hydrogen-bond donors (Lipinski definition) is 1. The molecule has 3 aromatic rings. The summed E-state index contributed by atoms with van der Waals surface area (Å²) in [5, 5.41) is 3.26. The molecule has 0 spiro atoms. The van der Waals surface area contributed by atoms with E-state index in [-0.39, 0.29) is 23.4 Å². The molecule has 0 aliphatic rings. The van der Waals surface area contributed by atoms with Gasteiger partial charge in [-0.1, -0.05) is 36.0 Å². The monoisotopic (exact) mass is 357 g/mol. The van der Waals surface area contributed by atoms with E-state index >= 15 is 0 Å². The number of thioether (sulfide) groups is 1. The molecule has 25 heavy (non-hydrogen) atoms. The van der Waals surface area contributed by atoms with Crippen molar-refractivity contribution in [2.45, 2.75) is 18.6 Å². The van der Waals surface area contributed by atoms with Gasteiger partial charge in [0, 0.05) is 13.5 Å². The van der Waals surface area contributed by atoms with Gasteiger partial charge in [-0.25, -0.2) is 9.37 Å². The van der Waals surface area contributed by atoms with Gasteiger partial charge >= 0.3 is 0 Å². The minimum absolute atomic E-state index is 0.137. The predicted molar refractivity (Wildman–Crippen MR) is 95.0 cm³/mol. The van der Waals surface area contributed by atoms with Crippen molar-refractivity contribution in [2.24, 2.45) is 0 Å². The summed E-state index contributed by atoms with van der Waals surface area (Å²) >= 11 is 1.21. The average molecular weight is 357 g/mol. The van der Waals surface area contributed by atoms with Gasteiger partial charge < -0.3 is 5.32 Å². The lowest BCUT2D eigenvalue weighted by Gasteiger charge is -2.06. The molecule has 0 fully saturated rings. The number of hydrogen-bond acceptors (Lipinski definition) is 4. The standard InChI is InChI=1S/C18H16FN3O2S/c1-12(23)22-16-5-3-2-4-15(16)21-18(22)25-11-17(24)20-10-13-6-8-14(19)9-7-13/h2-9H,10-11H2,1H3,(H,20,24). The first-order valence-corrected chi connectivity index (χ1v) is 8.65. The number of rotatable bonds is 5. The van der Waals surface area contributed by atoms with Gasteiger partial charge in [0.05, 0.1) is 16.8 Å². The molecule has 128 valence electrons. The van der Waals surface area contributed by atoms with E-state index in [1.807, 2.05) is 24.3 Å². The van der Waals surface area contributed by atoms with Crippen molar-refractivity contribution in [3.05, 3.63) is 59.9 Å². The minimum atomic E-state index is -0.311. The van der Waals surface area contributed by atoms with Crippen LogP contribution in [0.5, 0.6) is 0 Å². The number of para-hydroxylation sites is 2. The fourth-order valence-corrected chi connectivity index (χ4v) is 3.27. The summed E-state index contributed by atoms with van der Waals surface area (Å²) in [6.45, 7) is 1.79. The highest BCUT2D eigenvalue weighted by Gasteiger charge is 2.15. The molecule has 1 aromatic heterocycles. The fourth-order valence-electron chi connectivity index (χ4n) is 2.39. The zero-order chi connectivity index (χ0) is 17.8. The van der Waals surface area contributed by atoms with Gasteiger partial charge in [-0.2, -0.15) is 0 Å². The Kier molecular flexibility index (Phi) is 5.14. The highest BCUT2D eigenvalue weighted by Crippen LogP contribution is 2.23. The Morgan fingerprint density at radius 1 is 1.16 bits per heavy atom. The topological polar surface area (TPSA) is 64.0 Å². The van der Waals surface area contributed by atoms with Crippen molar-refractivity contribution < 1.29 is 14.0 Å². The van der Waals surface area contributed by atoms with E-state index in [1.165, 1.54) is 35.4 Å². The Hall–Kier alpha value is -2.67. The highest BCUT2D eigenvalue weighted by atomic mass is 32.2. The lowest BCUT2D eigenvalue weighted by atomic mass is 10.2. The summed E-state index contributed by atoms with van der Waals surface area (Å²) in [6.07, 6.45) is 0. The van der Waals surface area contributed by atoms with Gasteiger partial charge in [0.15, 0.2) is 5.16 Å². The Morgan fingerprint density at radius 3 is 2.60 bits per heavy atom. The quantitative estimate of drug-likeness (QED) is 0.712. The summed E-state index contributed by atoms with van der Waals surface area (Å²) in [5.74, 6) is -0.509. The third-order valence-electron chi connectivity index (χ3n) is 3.58. The second kappa shape index (κ2) is 7.48. The summed E-state index contributed by atoms with van der Waals surface area (Å²) < 4.78 is 14.4. The van der Waals surface area contributed by atoms with E-state index in [0.717, 1.165) is 11.1 Å². The van der Waals surface area contributed by atoms with E-state index in [2.05, 4.69) is 10.3 Å². The number of carbonyl (C=O) groups is 2. The lowest BCUT2D eigenvalue weighted by Crippen LogP contribution is -2.24. The first-order valence-electron chi connectivity index (χ1n) is 7.67. The van der Waals surface area contributed by atoms with Crippen LogP contribution >= 0.6 is 11.8 Å². The Labute approximate surface area is 148 Å². The summed E-state index contributed by atoms with van der Waals surface area (Å²) in [6, 6.07) is 13.3. The number of halogens is 1. The van der Waals surface area contributed by atoms with Crippen molar-refractivity contribution in [1.29, 1.82) is 0 Å². The van der Waals surface area contributed by atoms with Crippen molar-refractivity contribution in [1.82, 2.24) is 14.9 Å². The summed E-state index contributed by atoms with van der Waals surface area (Å²) in [5.41, 5.74) is 2.26. The molecule has 0 radical (unpaired) electrons. The highest BCUT2D eigenvalue weighted by molar-refractivity contribution is 7.99. The number of nitrogens with one attached hydrogen (secondary N) is 1. The molecule has 0 saturated carbocycles. The van der Waals surface area contributed by atoms with Crippen LogP contribution in [0.4, 0.5) is 4.39 Å². The number of amides is 1. The molecular weight excluding hydrogens is 341 g/mol. The molecular formula is C18H16FN3O2S. The molecule has 0 unspecified atom stereocenters. The van der Waals surface area contributed by atoms with E-state index in [1.54, 1.807) is 12.1 Å². The van der Waals surface area contributed by atoms with Crippen LogP contribution in [-0.4, -0.2) is 27.1 Å². The predicted octanol–water partition coefficient (Wildman–Crippen LogP) is 3.24. The van der Waals surface area contributed by atoms with Crippen LogP contribution in [0.1, 0.15) is 17.3 Å². The van der Waals surface area contributed by atoms with E-state index < -0.39 is 0 Å². The first-order chi connectivity index (χ1) is 12.0. The molecule has 2 aromatic carbocycles. The van der Waals surface area contributed by atoms with E-state index in [4.69, 9.17) is 0 Å². The third kappa shape index (κ3) is 4.06. The fraction of sp³-hybridized carbons (Fsp3) is 0.167. The molecule has 3 rings (SSSR count). The van der Waals surface area contributed by atoms with Gasteiger partial charge in [-0.3, -0.25) is 14.2 Å². The van der Waals surface area contributed by atoms with Gasteiger partial charge in [-0.15, -0.1) is 0 Å². The maximum absolute atomic E-state index is 12.9. The van der Waals surface area contributed by atoms with Gasteiger partial charge in [0.1, 0.15) is 5.82 Å². The number of aromatic nitrogens is 2. The average Bonchev–Trinajstić information content (AvgIpc) is 2.98. The van der Waals surface area contributed by atoms with Crippen molar-refractivity contribution in [3.63, 3.8) is 0 Å². The lowest BCUT2D eigenvalue weighted by molar-refractivity contribution is -0.118. The van der Waals surface area contributed by atoms with Crippen LogP contribution in [0.2, 0.25) is 0 Å². The SMILES string of the molecule is CC(=O)n1c(SCC(=O)NCc2ccc(F)cc2)nc2ccccc21. The Balaban J connectivity index is 1.64. The van der Waals surface area contributed by atoms with Crippen LogP contribution in [0, 0.1) is 5.82 Å². The van der Waals surface area contributed by atoms with Crippen molar-refractivity contribution >= 4 is 34.6 Å². The van der Waals surface area contributed by atoms with E-state index in [0.29, 0.717) is 17.2 Å². The molecule has 0 aliphatic heterocycles. The molecule has 1 heterocycles.